The van der Waals surface area contributed by atoms with Gasteiger partial charge in [-0.3, -0.25) is 4.79 Å². The van der Waals surface area contributed by atoms with E-state index in [1.165, 1.54) is 12.8 Å². The van der Waals surface area contributed by atoms with Crippen LogP contribution in [0.25, 0.3) is 0 Å². The SMILES string of the molecule is CCCC(C)(C)CNC(=O)CC1CCCN1. The smallest absolute Gasteiger partial charge is 0.221 e. The number of carbonyl (C=O) groups excluding carboxylic acids is 1. The highest BCUT2D eigenvalue weighted by atomic mass is 16.1. The molecule has 0 spiro atoms. The Labute approximate surface area is 99.4 Å². The molecular formula is C13H26N2O. The summed E-state index contributed by atoms with van der Waals surface area (Å²) in [5.74, 6) is 0.198. The first kappa shape index (κ1) is 13.5. The molecule has 94 valence electrons. The maximum atomic E-state index is 11.7. The molecule has 1 saturated heterocycles. The van der Waals surface area contributed by atoms with Gasteiger partial charge in [-0.05, 0) is 31.2 Å². The molecule has 0 bridgehead atoms. The minimum atomic E-state index is 0.198. The van der Waals surface area contributed by atoms with Gasteiger partial charge in [-0.1, -0.05) is 27.2 Å². The second-order valence-corrected chi connectivity index (χ2v) is 5.69. The molecule has 2 N–H and O–H groups in total. The molecule has 3 nitrogen and oxygen atoms in total. The summed E-state index contributed by atoms with van der Waals surface area (Å²) < 4.78 is 0. The minimum Gasteiger partial charge on any atom is -0.356 e. The zero-order valence-electron chi connectivity index (χ0n) is 10.9. The summed E-state index contributed by atoms with van der Waals surface area (Å²) >= 11 is 0. The zero-order valence-corrected chi connectivity index (χ0v) is 10.9. The monoisotopic (exact) mass is 226 g/mol. The number of amides is 1. The molecule has 0 saturated carbocycles. The van der Waals surface area contributed by atoms with E-state index in [0.29, 0.717) is 12.5 Å². The number of hydrogen-bond acceptors (Lipinski definition) is 2. The summed E-state index contributed by atoms with van der Waals surface area (Å²) in [5.41, 5.74) is 0.230. The van der Waals surface area contributed by atoms with Crippen LogP contribution < -0.4 is 10.6 Å². The van der Waals surface area contributed by atoms with Crippen LogP contribution >= 0.6 is 0 Å². The van der Waals surface area contributed by atoms with Crippen molar-refractivity contribution in [3.05, 3.63) is 0 Å². The van der Waals surface area contributed by atoms with Gasteiger partial charge in [0, 0.05) is 19.0 Å². The van der Waals surface area contributed by atoms with Crippen LogP contribution in [0.15, 0.2) is 0 Å². The van der Waals surface area contributed by atoms with E-state index in [0.717, 1.165) is 25.9 Å². The Hall–Kier alpha value is -0.570. The normalized spacial score (nSPS) is 21.1. The Morgan fingerprint density at radius 1 is 1.50 bits per heavy atom. The highest BCUT2D eigenvalue weighted by molar-refractivity contribution is 5.76. The molecular weight excluding hydrogens is 200 g/mol. The topological polar surface area (TPSA) is 41.1 Å². The predicted molar refractivity (Wildman–Crippen MR) is 67.3 cm³/mol. The molecule has 3 heteroatoms. The molecule has 1 unspecified atom stereocenters. The molecule has 1 amide bonds. The molecule has 0 aromatic carbocycles. The van der Waals surface area contributed by atoms with E-state index in [9.17, 15) is 4.79 Å². The number of nitrogens with one attached hydrogen (secondary N) is 2. The fraction of sp³-hybridized carbons (Fsp3) is 0.923. The molecule has 0 radical (unpaired) electrons. The molecule has 0 aliphatic carbocycles. The van der Waals surface area contributed by atoms with E-state index < -0.39 is 0 Å². The van der Waals surface area contributed by atoms with Crippen LogP contribution in [-0.4, -0.2) is 25.0 Å². The molecule has 1 fully saturated rings. The summed E-state index contributed by atoms with van der Waals surface area (Å²) in [6, 6.07) is 0.411. The van der Waals surface area contributed by atoms with E-state index >= 15 is 0 Å². The van der Waals surface area contributed by atoms with Gasteiger partial charge in [0.2, 0.25) is 5.91 Å². The number of carbonyl (C=O) groups is 1. The van der Waals surface area contributed by atoms with Crippen molar-refractivity contribution < 1.29 is 4.79 Å². The van der Waals surface area contributed by atoms with E-state index in [-0.39, 0.29) is 11.3 Å². The van der Waals surface area contributed by atoms with E-state index in [1.54, 1.807) is 0 Å². The van der Waals surface area contributed by atoms with Crippen molar-refractivity contribution in [2.24, 2.45) is 5.41 Å². The third-order valence-corrected chi connectivity index (χ3v) is 3.29. The lowest BCUT2D eigenvalue weighted by Crippen LogP contribution is -2.37. The highest BCUT2D eigenvalue weighted by Crippen LogP contribution is 2.20. The molecule has 16 heavy (non-hydrogen) atoms. The lowest BCUT2D eigenvalue weighted by atomic mass is 9.88. The van der Waals surface area contributed by atoms with Crippen LogP contribution in [0.5, 0.6) is 0 Å². The van der Waals surface area contributed by atoms with Crippen LogP contribution in [0, 0.1) is 5.41 Å². The van der Waals surface area contributed by atoms with Gasteiger partial charge >= 0.3 is 0 Å². The molecule has 1 rings (SSSR count). The highest BCUT2D eigenvalue weighted by Gasteiger charge is 2.20. The summed E-state index contributed by atoms with van der Waals surface area (Å²) in [4.78, 5) is 11.7. The van der Waals surface area contributed by atoms with E-state index in [2.05, 4.69) is 31.4 Å². The fourth-order valence-corrected chi connectivity index (χ4v) is 2.33. The second-order valence-electron chi connectivity index (χ2n) is 5.69. The Balaban J connectivity index is 2.18. The summed E-state index contributed by atoms with van der Waals surface area (Å²) in [6.07, 6.45) is 5.33. The van der Waals surface area contributed by atoms with Gasteiger partial charge in [0.15, 0.2) is 0 Å². The first-order valence-corrected chi connectivity index (χ1v) is 6.53. The first-order valence-electron chi connectivity index (χ1n) is 6.53. The zero-order chi connectivity index (χ0) is 12.0. The standard InChI is InChI=1S/C13H26N2O/c1-4-7-13(2,3)10-15-12(16)9-11-6-5-8-14-11/h11,14H,4-10H2,1-3H3,(H,15,16). The minimum absolute atomic E-state index is 0.198. The molecule has 1 aliphatic heterocycles. The van der Waals surface area contributed by atoms with Crippen LogP contribution in [0.2, 0.25) is 0 Å². The summed E-state index contributed by atoms with van der Waals surface area (Å²) in [6.45, 7) is 8.48. The van der Waals surface area contributed by atoms with Crippen LogP contribution in [0.1, 0.15) is 52.9 Å². The van der Waals surface area contributed by atoms with Crippen LogP contribution in [-0.2, 0) is 4.79 Å². The van der Waals surface area contributed by atoms with Gasteiger partial charge in [0.1, 0.15) is 0 Å². The average molecular weight is 226 g/mol. The fourth-order valence-electron chi connectivity index (χ4n) is 2.33. The molecule has 1 aliphatic rings. The quantitative estimate of drug-likeness (QED) is 0.728. The largest absolute Gasteiger partial charge is 0.356 e. The third-order valence-electron chi connectivity index (χ3n) is 3.29. The third kappa shape index (κ3) is 4.97. The summed E-state index contributed by atoms with van der Waals surface area (Å²) in [5, 5.41) is 6.40. The van der Waals surface area contributed by atoms with Crippen molar-refractivity contribution in [2.45, 2.75) is 58.9 Å². The number of rotatable bonds is 6. The maximum Gasteiger partial charge on any atom is 0.221 e. The van der Waals surface area contributed by atoms with Crippen molar-refractivity contribution in [3.63, 3.8) is 0 Å². The Morgan fingerprint density at radius 2 is 2.25 bits per heavy atom. The van der Waals surface area contributed by atoms with Gasteiger partial charge in [0.25, 0.3) is 0 Å². The van der Waals surface area contributed by atoms with Gasteiger partial charge in [-0.2, -0.15) is 0 Å². The van der Waals surface area contributed by atoms with Gasteiger partial charge in [0.05, 0.1) is 0 Å². The van der Waals surface area contributed by atoms with Crippen LogP contribution in [0.4, 0.5) is 0 Å². The molecule has 1 atom stereocenters. The lowest BCUT2D eigenvalue weighted by Gasteiger charge is -2.24. The summed E-state index contributed by atoms with van der Waals surface area (Å²) in [7, 11) is 0. The van der Waals surface area contributed by atoms with Crippen molar-refractivity contribution in [2.75, 3.05) is 13.1 Å². The van der Waals surface area contributed by atoms with E-state index in [1.807, 2.05) is 0 Å². The molecule has 1 heterocycles. The number of hydrogen-bond donors (Lipinski definition) is 2. The van der Waals surface area contributed by atoms with Crippen molar-refractivity contribution in [3.8, 4) is 0 Å². The Kier molecular flexibility index (Phi) is 5.26. The van der Waals surface area contributed by atoms with Gasteiger partial charge in [-0.15, -0.1) is 0 Å². The van der Waals surface area contributed by atoms with Gasteiger partial charge < -0.3 is 10.6 Å². The Morgan fingerprint density at radius 3 is 2.81 bits per heavy atom. The van der Waals surface area contributed by atoms with Crippen LogP contribution in [0.3, 0.4) is 0 Å². The van der Waals surface area contributed by atoms with E-state index in [4.69, 9.17) is 0 Å². The first-order chi connectivity index (χ1) is 7.53. The molecule has 0 aromatic rings. The van der Waals surface area contributed by atoms with Crippen molar-refractivity contribution in [1.82, 2.24) is 10.6 Å². The second kappa shape index (κ2) is 6.24. The Bertz CT molecular complexity index is 220. The molecule has 0 aromatic heterocycles. The lowest BCUT2D eigenvalue weighted by molar-refractivity contribution is -0.122. The average Bonchev–Trinajstić information content (AvgIpc) is 2.68. The maximum absolute atomic E-state index is 11.7. The van der Waals surface area contributed by atoms with Gasteiger partial charge in [-0.25, -0.2) is 0 Å². The van der Waals surface area contributed by atoms with Crippen molar-refractivity contribution in [1.29, 1.82) is 0 Å². The predicted octanol–water partition coefficient (Wildman–Crippen LogP) is 2.07. The van der Waals surface area contributed by atoms with Crippen molar-refractivity contribution >= 4 is 5.91 Å².